The fourth-order valence-electron chi connectivity index (χ4n) is 1.18. The van der Waals surface area contributed by atoms with Crippen LogP contribution in [0, 0.1) is 0 Å². The number of hydrogen-bond donors (Lipinski definition) is 1. The van der Waals surface area contributed by atoms with Crippen LogP contribution >= 0.6 is 0 Å². The van der Waals surface area contributed by atoms with E-state index < -0.39 is 0 Å². The molecule has 76 valence electrons. The van der Waals surface area contributed by atoms with Crippen LogP contribution in [-0.4, -0.2) is 10.9 Å². The quantitative estimate of drug-likeness (QED) is 0.822. The summed E-state index contributed by atoms with van der Waals surface area (Å²) in [7, 11) is 0. The summed E-state index contributed by atoms with van der Waals surface area (Å²) in [6.07, 6.45) is 6.30. The average molecular weight is 202 g/mol. The van der Waals surface area contributed by atoms with Gasteiger partial charge in [0.05, 0.1) is 11.8 Å². The molecule has 0 saturated heterocycles. The van der Waals surface area contributed by atoms with Gasteiger partial charge in [0.15, 0.2) is 0 Å². The van der Waals surface area contributed by atoms with Gasteiger partial charge in [0.2, 0.25) is 0 Å². The molecule has 0 aromatic carbocycles. The summed E-state index contributed by atoms with van der Waals surface area (Å²) in [5, 5.41) is 2.76. The van der Waals surface area contributed by atoms with E-state index in [4.69, 9.17) is 4.42 Å². The van der Waals surface area contributed by atoms with E-state index in [2.05, 4.69) is 10.3 Å². The molecule has 4 nitrogen and oxygen atoms in total. The number of pyridine rings is 1. The summed E-state index contributed by atoms with van der Waals surface area (Å²) in [6.45, 7) is 0.470. The molecular formula is C11H10N2O2. The van der Waals surface area contributed by atoms with Crippen molar-refractivity contribution >= 4 is 5.91 Å². The van der Waals surface area contributed by atoms with E-state index >= 15 is 0 Å². The van der Waals surface area contributed by atoms with Crippen molar-refractivity contribution in [2.24, 2.45) is 0 Å². The molecule has 0 fully saturated rings. The summed E-state index contributed by atoms with van der Waals surface area (Å²) < 4.78 is 4.81. The zero-order chi connectivity index (χ0) is 10.5. The highest BCUT2D eigenvalue weighted by Gasteiger charge is 2.05. The molecule has 2 heterocycles. The van der Waals surface area contributed by atoms with Crippen LogP contribution in [0.1, 0.15) is 15.9 Å². The molecule has 1 amide bonds. The fraction of sp³-hybridized carbons (Fsp3) is 0.0909. The lowest BCUT2D eigenvalue weighted by molar-refractivity contribution is 0.0950. The van der Waals surface area contributed by atoms with E-state index in [1.165, 1.54) is 12.5 Å². The van der Waals surface area contributed by atoms with E-state index in [1.54, 1.807) is 18.5 Å². The molecule has 0 saturated carbocycles. The number of nitrogens with zero attached hydrogens (tertiary/aromatic N) is 1. The highest BCUT2D eigenvalue weighted by Crippen LogP contribution is 2.00. The van der Waals surface area contributed by atoms with Gasteiger partial charge in [-0.1, -0.05) is 6.07 Å². The Balaban J connectivity index is 1.92. The minimum absolute atomic E-state index is 0.146. The summed E-state index contributed by atoms with van der Waals surface area (Å²) >= 11 is 0. The molecule has 0 aliphatic heterocycles. The van der Waals surface area contributed by atoms with Crippen LogP contribution in [-0.2, 0) is 6.54 Å². The SMILES string of the molecule is O=C(NCc1cccnc1)c1ccoc1. The van der Waals surface area contributed by atoms with Crippen molar-refractivity contribution in [3.63, 3.8) is 0 Å². The third-order valence-corrected chi connectivity index (χ3v) is 1.96. The van der Waals surface area contributed by atoms with E-state index in [0.29, 0.717) is 12.1 Å². The maximum absolute atomic E-state index is 11.5. The topological polar surface area (TPSA) is 55.1 Å². The number of nitrogens with one attached hydrogen (secondary N) is 1. The molecule has 0 aliphatic rings. The predicted octanol–water partition coefficient (Wildman–Crippen LogP) is 1.60. The van der Waals surface area contributed by atoms with Crippen molar-refractivity contribution in [2.45, 2.75) is 6.54 Å². The summed E-state index contributed by atoms with van der Waals surface area (Å²) in [6, 6.07) is 5.36. The number of carbonyl (C=O) groups excluding carboxylic acids is 1. The van der Waals surface area contributed by atoms with Crippen LogP contribution in [0.2, 0.25) is 0 Å². The fourth-order valence-corrected chi connectivity index (χ4v) is 1.18. The van der Waals surface area contributed by atoms with Crippen LogP contribution in [0.4, 0.5) is 0 Å². The second-order valence-electron chi connectivity index (χ2n) is 3.06. The molecule has 2 rings (SSSR count). The van der Waals surface area contributed by atoms with Crippen molar-refractivity contribution in [1.29, 1.82) is 0 Å². The Morgan fingerprint density at radius 3 is 3.07 bits per heavy atom. The van der Waals surface area contributed by atoms with Gasteiger partial charge in [0.1, 0.15) is 6.26 Å². The molecule has 2 aromatic rings. The third kappa shape index (κ3) is 2.43. The van der Waals surface area contributed by atoms with Crippen LogP contribution < -0.4 is 5.32 Å². The smallest absolute Gasteiger partial charge is 0.254 e. The Hall–Kier alpha value is -2.10. The van der Waals surface area contributed by atoms with Crippen molar-refractivity contribution in [3.05, 3.63) is 54.2 Å². The molecule has 0 radical (unpaired) electrons. The Morgan fingerprint density at radius 1 is 1.47 bits per heavy atom. The molecule has 4 heteroatoms. The van der Waals surface area contributed by atoms with Gasteiger partial charge in [-0.2, -0.15) is 0 Å². The summed E-state index contributed by atoms with van der Waals surface area (Å²) in [5.74, 6) is -0.146. The molecule has 2 aromatic heterocycles. The van der Waals surface area contributed by atoms with Crippen LogP contribution in [0.3, 0.4) is 0 Å². The number of amides is 1. The maximum Gasteiger partial charge on any atom is 0.254 e. The lowest BCUT2D eigenvalue weighted by Crippen LogP contribution is -2.22. The third-order valence-electron chi connectivity index (χ3n) is 1.96. The van der Waals surface area contributed by atoms with Gasteiger partial charge in [-0.15, -0.1) is 0 Å². The van der Waals surface area contributed by atoms with E-state index in [-0.39, 0.29) is 5.91 Å². The van der Waals surface area contributed by atoms with E-state index in [0.717, 1.165) is 5.56 Å². The molecule has 0 bridgehead atoms. The average Bonchev–Trinajstić information content (AvgIpc) is 2.81. The van der Waals surface area contributed by atoms with Gasteiger partial charge in [0.25, 0.3) is 5.91 Å². The predicted molar refractivity (Wildman–Crippen MR) is 54.1 cm³/mol. The first kappa shape index (κ1) is 9.45. The van der Waals surface area contributed by atoms with E-state index in [9.17, 15) is 4.79 Å². The van der Waals surface area contributed by atoms with Gasteiger partial charge < -0.3 is 9.73 Å². The number of hydrogen-bond acceptors (Lipinski definition) is 3. The van der Waals surface area contributed by atoms with E-state index in [1.807, 2.05) is 12.1 Å². The Bertz CT molecular complexity index is 423. The molecule has 0 aliphatic carbocycles. The van der Waals surface area contributed by atoms with Gasteiger partial charge >= 0.3 is 0 Å². The first-order valence-corrected chi connectivity index (χ1v) is 4.55. The van der Waals surface area contributed by atoms with Crippen LogP contribution in [0.25, 0.3) is 0 Å². The number of carbonyl (C=O) groups is 1. The first-order valence-electron chi connectivity index (χ1n) is 4.55. The van der Waals surface area contributed by atoms with Crippen molar-refractivity contribution in [2.75, 3.05) is 0 Å². The zero-order valence-corrected chi connectivity index (χ0v) is 8.01. The lowest BCUT2D eigenvalue weighted by Gasteiger charge is -2.02. The number of rotatable bonds is 3. The molecule has 0 spiro atoms. The van der Waals surface area contributed by atoms with Crippen molar-refractivity contribution in [3.8, 4) is 0 Å². The zero-order valence-electron chi connectivity index (χ0n) is 8.01. The van der Waals surface area contributed by atoms with Gasteiger partial charge in [-0.3, -0.25) is 9.78 Å². The molecule has 0 atom stereocenters. The van der Waals surface area contributed by atoms with Gasteiger partial charge in [-0.05, 0) is 17.7 Å². The molecular weight excluding hydrogens is 192 g/mol. The minimum atomic E-state index is -0.146. The molecule has 0 unspecified atom stereocenters. The monoisotopic (exact) mass is 202 g/mol. The first-order chi connectivity index (χ1) is 7.36. The highest BCUT2D eigenvalue weighted by atomic mass is 16.3. The second-order valence-corrected chi connectivity index (χ2v) is 3.06. The van der Waals surface area contributed by atoms with Crippen LogP contribution in [0.15, 0.2) is 47.5 Å². The van der Waals surface area contributed by atoms with Gasteiger partial charge in [0, 0.05) is 18.9 Å². The molecule has 15 heavy (non-hydrogen) atoms. The largest absolute Gasteiger partial charge is 0.472 e. The Labute approximate surface area is 86.9 Å². The second kappa shape index (κ2) is 4.41. The van der Waals surface area contributed by atoms with Crippen molar-refractivity contribution in [1.82, 2.24) is 10.3 Å². The highest BCUT2D eigenvalue weighted by molar-refractivity contribution is 5.93. The normalized spacial score (nSPS) is 9.87. The number of aromatic nitrogens is 1. The maximum atomic E-state index is 11.5. The molecule has 1 N–H and O–H groups in total. The summed E-state index contributed by atoms with van der Waals surface area (Å²) in [4.78, 5) is 15.4. The minimum Gasteiger partial charge on any atom is -0.472 e. The summed E-state index contributed by atoms with van der Waals surface area (Å²) in [5.41, 5.74) is 1.49. The number of furan rings is 1. The Kier molecular flexibility index (Phi) is 2.78. The standard InChI is InChI=1S/C11H10N2O2/c14-11(10-3-5-15-8-10)13-7-9-2-1-4-12-6-9/h1-6,8H,7H2,(H,13,14). The van der Waals surface area contributed by atoms with Crippen molar-refractivity contribution < 1.29 is 9.21 Å². The lowest BCUT2D eigenvalue weighted by atomic mass is 10.2. The Morgan fingerprint density at radius 2 is 2.40 bits per heavy atom. The van der Waals surface area contributed by atoms with Crippen LogP contribution in [0.5, 0.6) is 0 Å². The van der Waals surface area contributed by atoms with Gasteiger partial charge in [-0.25, -0.2) is 0 Å².